The third-order valence-corrected chi connectivity index (χ3v) is 4.70. The van der Waals surface area contributed by atoms with Crippen LogP contribution in [0.2, 0.25) is 0 Å². The smallest absolute Gasteiger partial charge is 0.202 e. The monoisotopic (exact) mass is 258 g/mol. The fourth-order valence-electron chi connectivity index (χ4n) is 3.33. The SMILES string of the molecule is Cc1ccc2nc(N)n(C3CCCC(C)C3C)c2n1. The molecular weight excluding hydrogens is 236 g/mol. The average Bonchev–Trinajstić information content (AvgIpc) is 2.69. The topological polar surface area (TPSA) is 56.7 Å². The van der Waals surface area contributed by atoms with Crippen molar-refractivity contribution < 1.29 is 0 Å². The number of aromatic nitrogens is 3. The van der Waals surface area contributed by atoms with E-state index < -0.39 is 0 Å². The molecule has 1 aliphatic carbocycles. The van der Waals surface area contributed by atoms with Crippen LogP contribution in [0.5, 0.6) is 0 Å². The minimum atomic E-state index is 0.433. The van der Waals surface area contributed by atoms with E-state index in [2.05, 4.69) is 28.4 Å². The lowest BCUT2D eigenvalue weighted by Gasteiger charge is -2.35. The molecule has 0 aromatic carbocycles. The van der Waals surface area contributed by atoms with Gasteiger partial charge >= 0.3 is 0 Å². The Hall–Kier alpha value is -1.58. The summed E-state index contributed by atoms with van der Waals surface area (Å²) in [4.78, 5) is 9.12. The number of rotatable bonds is 1. The van der Waals surface area contributed by atoms with Gasteiger partial charge in [0.15, 0.2) is 5.65 Å². The highest BCUT2D eigenvalue weighted by atomic mass is 15.2. The molecule has 0 bridgehead atoms. The molecule has 2 N–H and O–H groups in total. The third kappa shape index (κ3) is 1.99. The molecule has 0 radical (unpaired) electrons. The van der Waals surface area contributed by atoms with Crippen molar-refractivity contribution in [2.75, 3.05) is 5.73 Å². The van der Waals surface area contributed by atoms with Crippen LogP contribution in [0.1, 0.15) is 44.8 Å². The molecule has 3 unspecified atom stereocenters. The van der Waals surface area contributed by atoms with Gasteiger partial charge in [0.25, 0.3) is 0 Å². The molecule has 0 amide bonds. The second-order valence-electron chi connectivity index (χ2n) is 5.97. The van der Waals surface area contributed by atoms with Crippen LogP contribution >= 0.6 is 0 Å². The lowest BCUT2D eigenvalue weighted by Crippen LogP contribution is -2.28. The van der Waals surface area contributed by atoms with Crippen molar-refractivity contribution in [2.24, 2.45) is 11.8 Å². The fraction of sp³-hybridized carbons (Fsp3) is 0.600. The van der Waals surface area contributed by atoms with Gasteiger partial charge in [0.05, 0.1) is 0 Å². The van der Waals surface area contributed by atoms with E-state index in [1.54, 1.807) is 0 Å². The highest BCUT2D eigenvalue weighted by molar-refractivity contribution is 5.74. The molecule has 1 saturated carbocycles. The number of hydrogen-bond acceptors (Lipinski definition) is 3. The van der Waals surface area contributed by atoms with Gasteiger partial charge in [-0.1, -0.05) is 26.7 Å². The Labute approximate surface area is 114 Å². The van der Waals surface area contributed by atoms with Gasteiger partial charge in [-0.15, -0.1) is 0 Å². The first kappa shape index (κ1) is 12.5. The first-order chi connectivity index (χ1) is 9.08. The second-order valence-corrected chi connectivity index (χ2v) is 5.97. The Kier molecular flexibility index (Phi) is 2.96. The summed E-state index contributed by atoms with van der Waals surface area (Å²) in [5.41, 5.74) is 9.03. The van der Waals surface area contributed by atoms with Crippen LogP contribution in [0.25, 0.3) is 11.2 Å². The molecule has 4 heteroatoms. The Balaban J connectivity index is 2.13. The fourth-order valence-corrected chi connectivity index (χ4v) is 3.33. The van der Waals surface area contributed by atoms with Crippen LogP contribution in [-0.2, 0) is 0 Å². The van der Waals surface area contributed by atoms with Gasteiger partial charge in [0.1, 0.15) is 5.52 Å². The quantitative estimate of drug-likeness (QED) is 0.853. The van der Waals surface area contributed by atoms with Gasteiger partial charge in [-0.25, -0.2) is 9.97 Å². The maximum absolute atomic E-state index is 6.15. The predicted octanol–water partition coefficient (Wildman–Crippen LogP) is 3.32. The molecule has 0 spiro atoms. The average molecular weight is 258 g/mol. The number of nitrogen functional groups attached to an aromatic ring is 1. The summed E-state index contributed by atoms with van der Waals surface area (Å²) in [6.45, 7) is 6.68. The lowest BCUT2D eigenvalue weighted by atomic mass is 9.78. The van der Waals surface area contributed by atoms with Crippen LogP contribution in [0.15, 0.2) is 12.1 Å². The normalized spacial score (nSPS) is 27.8. The minimum absolute atomic E-state index is 0.433. The maximum Gasteiger partial charge on any atom is 0.202 e. The summed E-state index contributed by atoms with van der Waals surface area (Å²) < 4.78 is 2.17. The molecule has 2 aromatic rings. The Morgan fingerprint density at radius 3 is 2.79 bits per heavy atom. The Morgan fingerprint density at radius 2 is 2.00 bits per heavy atom. The van der Waals surface area contributed by atoms with Crippen molar-refractivity contribution in [1.29, 1.82) is 0 Å². The van der Waals surface area contributed by atoms with Crippen molar-refractivity contribution in [3.05, 3.63) is 17.8 Å². The van der Waals surface area contributed by atoms with Crippen LogP contribution in [-0.4, -0.2) is 14.5 Å². The number of imidazole rings is 1. The van der Waals surface area contributed by atoms with Crippen molar-refractivity contribution in [3.63, 3.8) is 0 Å². The number of aryl methyl sites for hydroxylation is 1. The number of pyridine rings is 1. The highest BCUT2D eigenvalue weighted by Gasteiger charge is 2.30. The number of hydrogen-bond donors (Lipinski definition) is 1. The molecular formula is C15H22N4. The largest absolute Gasteiger partial charge is 0.369 e. The highest BCUT2D eigenvalue weighted by Crippen LogP contribution is 2.40. The van der Waals surface area contributed by atoms with Crippen LogP contribution in [0, 0.1) is 18.8 Å². The maximum atomic E-state index is 6.15. The van der Waals surface area contributed by atoms with Gasteiger partial charge in [0, 0.05) is 11.7 Å². The summed E-state index contributed by atoms with van der Waals surface area (Å²) in [6.07, 6.45) is 3.76. The summed E-state index contributed by atoms with van der Waals surface area (Å²) >= 11 is 0. The van der Waals surface area contributed by atoms with Gasteiger partial charge in [0.2, 0.25) is 5.95 Å². The minimum Gasteiger partial charge on any atom is -0.369 e. The molecule has 1 fully saturated rings. The zero-order valence-electron chi connectivity index (χ0n) is 11.9. The van der Waals surface area contributed by atoms with E-state index in [4.69, 9.17) is 5.73 Å². The lowest BCUT2D eigenvalue weighted by molar-refractivity contribution is 0.191. The zero-order chi connectivity index (χ0) is 13.6. The van der Waals surface area contributed by atoms with Crippen molar-refractivity contribution in [1.82, 2.24) is 14.5 Å². The molecule has 19 heavy (non-hydrogen) atoms. The number of nitrogens with zero attached hydrogens (tertiary/aromatic N) is 3. The Bertz CT molecular complexity index is 601. The second kappa shape index (κ2) is 4.51. The van der Waals surface area contributed by atoms with E-state index in [1.807, 2.05) is 19.1 Å². The van der Waals surface area contributed by atoms with E-state index in [0.717, 1.165) is 22.8 Å². The molecule has 3 atom stereocenters. The van der Waals surface area contributed by atoms with Gasteiger partial charge in [-0.3, -0.25) is 4.57 Å². The van der Waals surface area contributed by atoms with Crippen molar-refractivity contribution >= 4 is 17.1 Å². The molecule has 0 aliphatic heterocycles. The molecule has 2 aromatic heterocycles. The summed E-state index contributed by atoms with van der Waals surface area (Å²) in [6, 6.07) is 4.44. The van der Waals surface area contributed by atoms with Crippen LogP contribution in [0.4, 0.5) is 5.95 Å². The summed E-state index contributed by atoms with van der Waals surface area (Å²) in [5, 5.41) is 0. The molecule has 4 nitrogen and oxygen atoms in total. The van der Waals surface area contributed by atoms with Crippen LogP contribution in [0.3, 0.4) is 0 Å². The van der Waals surface area contributed by atoms with E-state index in [-0.39, 0.29) is 0 Å². The summed E-state index contributed by atoms with van der Waals surface area (Å²) in [5.74, 6) is 1.97. The first-order valence-corrected chi connectivity index (χ1v) is 7.19. The molecule has 1 aliphatic rings. The number of fused-ring (bicyclic) bond motifs is 1. The van der Waals surface area contributed by atoms with E-state index >= 15 is 0 Å². The van der Waals surface area contributed by atoms with Crippen LogP contribution < -0.4 is 5.73 Å². The molecule has 102 valence electrons. The molecule has 2 heterocycles. The van der Waals surface area contributed by atoms with Crippen molar-refractivity contribution in [3.8, 4) is 0 Å². The number of anilines is 1. The first-order valence-electron chi connectivity index (χ1n) is 7.19. The van der Waals surface area contributed by atoms with Gasteiger partial charge < -0.3 is 5.73 Å². The molecule has 3 rings (SSSR count). The van der Waals surface area contributed by atoms with E-state index in [1.165, 1.54) is 19.3 Å². The summed E-state index contributed by atoms with van der Waals surface area (Å²) in [7, 11) is 0. The van der Waals surface area contributed by atoms with Crippen molar-refractivity contribution in [2.45, 2.75) is 46.1 Å². The number of nitrogens with two attached hydrogens (primary N) is 1. The standard InChI is InChI=1S/C15H22N4/c1-9-5-4-6-13(11(9)3)19-14-12(18-15(19)16)8-7-10(2)17-14/h7-9,11,13H,4-6H2,1-3H3,(H2,16,18). The van der Waals surface area contributed by atoms with E-state index in [9.17, 15) is 0 Å². The van der Waals surface area contributed by atoms with Gasteiger partial charge in [-0.2, -0.15) is 0 Å². The Morgan fingerprint density at radius 1 is 1.21 bits per heavy atom. The molecule has 0 saturated heterocycles. The third-order valence-electron chi connectivity index (χ3n) is 4.70. The zero-order valence-corrected chi connectivity index (χ0v) is 11.9. The predicted molar refractivity (Wildman–Crippen MR) is 77.9 cm³/mol. The van der Waals surface area contributed by atoms with E-state index in [0.29, 0.717) is 17.9 Å². The van der Waals surface area contributed by atoms with Gasteiger partial charge in [-0.05, 0) is 37.3 Å².